The molecule has 1 aromatic carbocycles. The van der Waals surface area contributed by atoms with Gasteiger partial charge in [-0.1, -0.05) is 12.1 Å². The number of benzene rings is 1. The maximum Gasteiger partial charge on any atom is 0.360 e. The molecule has 0 spiro atoms. The third-order valence-corrected chi connectivity index (χ3v) is 2.25. The standard InChI is InChI=1S/C8H6O8S2/c9-7(15-17(11)12)5-3-1-2-4-6(5)8(10)16-18(13)14/h1-4H,(H,11,12)(H,13,14). The second kappa shape index (κ2) is 6.35. The number of carbonyl (C=O) groups excluding carboxylic acids is 2. The fourth-order valence-electron chi connectivity index (χ4n) is 1.06. The summed E-state index contributed by atoms with van der Waals surface area (Å²) in [5.41, 5.74) is -0.731. The van der Waals surface area contributed by atoms with Crippen molar-refractivity contribution in [2.24, 2.45) is 0 Å². The fraction of sp³-hybridized carbons (Fsp3) is 0. The Labute approximate surface area is 106 Å². The molecule has 1 aromatic rings. The zero-order valence-electron chi connectivity index (χ0n) is 8.47. The Morgan fingerprint density at radius 2 is 1.22 bits per heavy atom. The average Bonchev–Trinajstić information content (AvgIpc) is 2.27. The molecule has 0 aromatic heterocycles. The van der Waals surface area contributed by atoms with Gasteiger partial charge in [0.05, 0.1) is 11.1 Å². The molecule has 0 saturated heterocycles. The van der Waals surface area contributed by atoms with Gasteiger partial charge in [-0.2, -0.15) is 8.42 Å². The van der Waals surface area contributed by atoms with Gasteiger partial charge in [0.2, 0.25) is 0 Å². The summed E-state index contributed by atoms with van der Waals surface area (Å²) in [5.74, 6) is -2.49. The lowest BCUT2D eigenvalue weighted by Crippen LogP contribution is -2.15. The number of carbonyl (C=O) groups is 2. The molecule has 0 amide bonds. The summed E-state index contributed by atoms with van der Waals surface area (Å²) in [5, 5.41) is 0. The van der Waals surface area contributed by atoms with Crippen LogP contribution in [-0.2, 0) is 31.1 Å². The van der Waals surface area contributed by atoms with Crippen molar-refractivity contribution in [1.29, 1.82) is 0 Å². The summed E-state index contributed by atoms with van der Waals surface area (Å²) in [6, 6.07) is 4.99. The molecule has 0 radical (unpaired) electrons. The number of hydrogen-bond donors (Lipinski definition) is 2. The predicted octanol–water partition coefficient (Wildman–Crippen LogP) is 0.274. The van der Waals surface area contributed by atoms with Crippen molar-refractivity contribution in [2.45, 2.75) is 0 Å². The molecule has 0 bridgehead atoms. The Kier molecular flexibility index (Phi) is 5.09. The van der Waals surface area contributed by atoms with Gasteiger partial charge < -0.3 is 8.37 Å². The van der Waals surface area contributed by atoms with Crippen LogP contribution in [0.3, 0.4) is 0 Å². The Hall–Kier alpha value is -1.62. The van der Waals surface area contributed by atoms with Gasteiger partial charge in [0.25, 0.3) is 0 Å². The fourth-order valence-corrected chi connectivity index (χ4v) is 1.50. The molecule has 8 nitrogen and oxygen atoms in total. The Bertz CT molecular complexity index is 479. The van der Waals surface area contributed by atoms with E-state index in [-0.39, 0.29) is 11.1 Å². The lowest BCUT2D eigenvalue weighted by molar-refractivity contribution is 0.0699. The van der Waals surface area contributed by atoms with Gasteiger partial charge in [-0.3, -0.25) is 9.11 Å². The van der Waals surface area contributed by atoms with E-state index in [0.717, 1.165) is 12.1 Å². The molecule has 2 atom stereocenters. The van der Waals surface area contributed by atoms with Crippen molar-refractivity contribution in [3.63, 3.8) is 0 Å². The molecule has 0 fully saturated rings. The third kappa shape index (κ3) is 4.00. The van der Waals surface area contributed by atoms with Crippen molar-refractivity contribution in [3.05, 3.63) is 35.4 Å². The molecule has 0 heterocycles. The van der Waals surface area contributed by atoms with Crippen LogP contribution in [0.2, 0.25) is 0 Å². The van der Waals surface area contributed by atoms with Gasteiger partial charge in [-0.25, -0.2) is 9.59 Å². The Morgan fingerprint density at radius 1 is 0.889 bits per heavy atom. The minimum atomic E-state index is -2.84. The highest BCUT2D eigenvalue weighted by atomic mass is 32.2. The smallest absolute Gasteiger partial charge is 0.339 e. The van der Waals surface area contributed by atoms with E-state index in [1.807, 2.05) is 0 Å². The first-order valence-corrected chi connectivity index (χ1v) is 6.24. The molecule has 2 unspecified atom stereocenters. The summed E-state index contributed by atoms with van der Waals surface area (Å²) in [4.78, 5) is 22.7. The second-order valence-electron chi connectivity index (χ2n) is 2.72. The van der Waals surface area contributed by atoms with Crippen LogP contribution in [-0.4, -0.2) is 29.5 Å². The normalized spacial score (nSPS) is 13.4. The van der Waals surface area contributed by atoms with Crippen LogP contribution in [0.25, 0.3) is 0 Å². The van der Waals surface area contributed by atoms with Crippen LogP contribution in [0.15, 0.2) is 24.3 Å². The zero-order chi connectivity index (χ0) is 13.7. The molecular formula is C8H6O8S2. The van der Waals surface area contributed by atoms with Crippen molar-refractivity contribution in [1.82, 2.24) is 0 Å². The maximum absolute atomic E-state index is 11.3. The van der Waals surface area contributed by atoms with E-state index in [4.69, 9.17) is 9.11 Å². The summed E-state index contributed by atoms with van der Waals surface area (Å²) in [6.45, 7) is 0. The Balaban J connectivity index is 3.06. The van der Waals surface area contributed by atoms with Crippen LogP contribution in [0, 0.1) is 0 Å². The average molecular weight is 294 g/mol. The van der Waals surface area contributed by atoms with Crippen LogP contribution in [0.5, 0.6) is 0 Å². The predicted molar refractivity (Wildman–Crippen MR) is 58.8 cm³/mol. The molecule has 10 heteroatoms. The van der Waals surface area contributed by atoms with Gasteiger partial charge in [-0.05, 0) is 12.1 Å². The van der Waals surface area contributed by atoms with Crippen LogP contribution in [0.4, 0.5) is 0 Å². The molecule has 0 aliphatic carbocycles. The summed E-state index contributed by atoms with van der Waals surface area (Å²) < 4.78 is 45.3. The van der Waals surface area contributed by atoms with Gasteiger partial charge in [0, 0.05) is 0 Å². The lowest BCUT2D eigenvalue weighted by atomic mass is 10.1. The van der Waals surface area contributed by atoms with E-state index < -0.39 is 34.7 Å². The van der Waals surface area contributed by atoms with E-state index in [0.29, 0.717) is 0 Å². The summed E-state index contributed by atoms with van der Waals surface area (Å²) in [7, 11) is 0. The van der Waals surface area contributed by atoms with Crippen molar-refractivity contribution in [3.8, 4) is 0 Å². The van der Waals surface area contributed by atoms with Gasteiger partial charge in [0.15, 0.2) is 0 Å². The van der Waals surface area contributed by atoms with Gasteiger partial charge >= 0.3 is 34.7 Å². The van der Waals surface area contributed by atoms with E-state index in [1.54, 1.807) is 0 Å². The largest absolute Gasteiger partial charge is 0.360 e. The SMILES string of the molecule is O=C(OS(=O)O)c1ccccc1C(=O)OS(=O)O. The first kappa shape index (κ1) is 14.4. The van der Waals surface area contributed by atoms with E-state index in [1.165, 1.54) is 12.1 Å². The highest BCUT2D eigenvalue weighted by molar-refractivity contribution is 7.74. The monoisotopic (exact) mass is 294 g/mol. The van der Waals surface area contributed by atoms with Gasteiger partial charge in [0.1, 0.15) is 0 Å². The molecule has 0 saturated carbocycles. The van der Waals surface area contributed by atoms with Crippen molar-refractivity contribution in [2.75, 3.05) is 0 Å². The Morgan fingerprint density at radius 3 is 1.50 bits per heavy atom. The van der Waals surface area contributed by atoms with Crippen LogP contribution < -0.4 is 0 Å². The minimum Gasteiger partial charge on any atom is -0.339 e. The second-order valence-corrected chi connectivity index (χ2v) is 3.92. The molecule has 0 aliphatic heterocycles. The van der Waals surface area contributed by atoms with Crippen LogP contribution >= 0.6 is 0 Å². The highest BCUT2D eigenvalue weighted by Gasteiger charge is 2.21. The summed E-state index contributed by atoms with van der Waals surface area (Å²) >= 11 is -5.68. The first-order chi connectivity index (χ1) is 8.41. The van der Waals surface area contributed by atoms with Crippen LogP contribution in [0.1, 0.15) is 20.7 Å². The van der Waals surface area contributed by atoms with Crippen molar-refractivity contribution >= 4 is 34.7 Å². The van der Waals surface area contributed by atoms with E-state index >= 15 is 0 Å². The zero-order valence-corrected chi connectivity index (χ0v) is 10.1. The molecule has 98 valence electrons. The van der Waals surface area contributed by atoms with Gasteiger partial charge in [-0.15, -0.1) is 0 Å². The minimum absolute atomic E-state index is 0.365. The molecule has 18 heavy (non-hydrogen) atoms. The molecule has 2 N–H and O–H groups in total. The molecule has 0 aliphatic rings. The lowest BCUT2D eigenvalue weighted by Gasteiger charge is -2.05. The molecule has 1 rings (SSSR count). The maximum atomic E-state index is 11.3. The number of rotatable bonds is 4. The van der Waals surface area contributed by atoms with E-state index in [9.17, 15) is 18.0 Å². The highest BCUT2D eigenvalue weighted by Crippen LogP contribution is 2.12. The topological polar surface area (TPSA) is 127 Å². The summed E-state index contributed by atoms with van der Waals surface area (Å²) in [6.07, 6.45) is 0. The molecular weight excluding hydrogens is 288 g/mol. The first-order valence-electron chi connectivity index (χ1n) is 4.18. The third-order valence-electron chi connectivity index (χ3n) is 1.66. The number of hydrogen-bond acceptors (Lipinski definition) is 6. The van der Waals surface area contributed by atoms with Crippen molar-refractivity contribution < 1.29 is 35.5 Å². The van der Waals surface area contributed by atoms with E-state index in [2.05, 4.69) is 8.37 Å². The quantitative estimate of drug-likeness (QED) is 0.758.